The molecule has 4 nitrogen and oxygen atoms in total. The topological polar surface area (TPSA) is 39.6 Å². The average Bonchev–Trinajstić information content (AvgIpc) is 2.30. The van der Waals surface area contributed by atoms with Crippen molar-refractivity contribution in [2.45, 2.75) is 0 Å². The third-order valence-corrected chi connectivity index (χ3v) is 2.78. The van der Waals surface area contributed by atoms with Crippen molar-refractivity contribution in [3.63, 3.8) is 0 Å². The molecule has 1 aliphatic heterocycles. The molecule has 0 radical (unpaired) electrons. The molecular weight excluding hydrogens is 281 g/mol. The van der Waals surface area contributed by atoms with Crippen molar-refractivity contribution in [3.05, 3.63) is 24.4 Å². The molecule has 1 aromatic heterocycles. The Morgan fingerprint density at radius 2 is 1.82 bits per heavy atom. The maximum absolute atomic E-state index is 9.16. The summed E-state index contributed by atoms with van der Waals surface area (Å²) in [6.45, 7) is 3.20. The van der Waals surface area contributed by atoms with Crippen LogP contribution in [0.1, 0.15) is 0 Å². The van der Waals surface area contributed by atoms with Crippen LogP contribution in [-0.4, -0.2) is 46.3 Å². The van der Waals surface area contributed by atoms with E-state index in [1.807, 2.05) is 18.2 Å². The number of piperazine rings is 1. The van der Waals surface area contributed by atoms with E-state index in [4.69, 9.17) is 17.3 Å². The second-order valence-corrected chi connectivity index (χ2v) is 3.81. The highest BCUT2D eigenvalue weighted by atomic mass is 35.5. The molecule has 1 N–H and O–H groups in total. The number of nitrogens with zero attached hydrogens (tertiary/aromatic N) is 3. The summed E-state index contributed by atoms with van der Waals surface area (Å²) >= 11 is 4.72. The molecular formula is C10H15Cl2N3OS. The molecule has 2 heterocycles. The summed E-state index contributed by atoms with van der Waals surface area (Å²) in [7, 11) is 0. The van der Waals surface area contributed by atoms with Gasteiger partial charge in [-0.05, 0) is 24.4 Å². The molecule has 0 aromatic carbocycles. The Morgan fingerprint density at radius 1 is 1.18 bits per heavy atom. The molecule has 0 aliphatic carbocycles. The zero-order valence-electron chi connectivity index (χ0n) is 9.15. The summed E-state index contributed by atoms with van der Waals surface area (Å²) in [5, 5.41) is 9.15. The lowest BCUT2D eigenvalue weighted by atomic mass is 10.3. The van der Waals surface area contributed by atoms with Crippen LogP contribution in [0.2, 0.25) is 0 Å². The van der Waals surface area contributed by atoms with Gasteiger partial charge < -0.3 is 14.9 Å². The number of hydrogen-bond donors (Lipinski definition) is 1. The van der Waals surface area contributed by atoms with E-state index in [0.29, 0.717) is 0 Å². The van der Waals surface area contributed by atoms with Gasteiger partial charge in [-0.15, -0.1) is 24.8 Å². The lowest BCUT2D eigenvalue weighted by molar-refractivity contribution is 0.325. The van der Waals surface area contributed by atoms with Crippen LogP contribution in [0.15, 0.2) is 24.4 Å². The first-order valence-corrected chi connectivity index (χ1v) is 5.32. The third kappa shape index (κ3) is 4.18. The Labute approximate surface area is 118 Å². The molecule has 17 heavy (non-hydrogen) atoms. The van der Waals surface area contributed by atoms with E-state index >= 15 is 0 Å². The number of aliphatic hydroxyl groups is 1. The Morgan fingerprint density at radius 3 is 2.29 bits per heavy atom. The van der Waals surface area contributed by atoms with Gasteiger partial charge in [0, 0.05) is 32.4 Å². The summed E-state index contributed by atoms with van der Waals surface area (Å²) in [6, 6.07) is 5.88. The molecule has 1 aliphatic rings. The standard InChI is InChI=1S/C10H13N3OS.2ClH/c14-10(15)13-7-5-12(6-8-13)9-3-1-2-4-11-9;;/h1-4H,5-8H2,(H,14,15);2*1H. The highest BCUT2D eigenvalue weighted by Crippen LogP contribution is 2.12. The van der Waals surface area contributed by atoms with E-state index in [1.165, 1.54) is 0 Å². The van der Waals surface area contributed by atoms with Gasteiger partial charge >= 0.3 is 0 Å². The van der Waals surface area contributed by atoms with Crippen molar-refractivity contribution in [1.82, 2.24) is 9.88 Å². The Balaban J connectivity index is 0.00000128. The molecule has 0 amide bonds. The Bertz CT molecular complexity index is 345. The first-order chi connectivity index (χ1) is 7.27. The zero-order valence-corrected chi connectivity index (χ0v) is 11.6. The molecule has 1 saturated heterocycles. The highest BCUT2D eigenvalue weighted by molar-refractivity contribution is 7.79. The van der Waals surface area contributed by atoms with Crippen LogP contribution in [-0.2, 0) is 0 Å². The van der Waals surface area contributed by atoms with Crippen LogP contribution >= 0.6 is 37.0 Å². The van der Waals surface area contributed by atoms with Crippen molar-refractivity contribution in [3.8, 4) is 0 Å². The van der Waals surface area contributed by atoms with E-state index in [9.17, 15) is 0 Å². The number of aliphatic hydroxyl groups excluding tert-OH is 1. The summed E-state index contributed by atoms with van der Waals surface area (Å²) in [4.78, 5) is 8.27. The second kappa shape index (κ2) is 7.53. The van der Waals surface area contributed by atoms with E-state index in [0.717, 1.165) is 32.0 Å². The van der Waals surface area contributed by atoms with E-state index in [-0.39, 0.29) is 30.0 Å². The highest BCUT2D eigenvalue weighted by Gasteiger charge is 2.18. The van der Waals surface area contributed by atoms with Crippen LogP contribution < -0.4 is 4.90 Å². The number of hydrogen-bond acceptors (Lipinski definition) is 3. The monoisotopic (exact) mass is 295 g/mol. The Hall–Kier alpha value is -0.780. The summed E-state index contributed by atoms with van der Waals surface area (Å²) in [5.41, 5.74) is 0. The smallest absolute Gasteiger partial charge is 0.256 e. The van der Waals surface area contributed by atoms with Crippen LogP contribution in [0, 0.1) is 0 Å². The predicted octanol–water partition coefficient (Wildman–Crippen LogP) is 1.89. The lowest BCUT2D eigenvalue weighted by Crippen LogP contribution is -2.48. The molecule has 7 heteroatoms. The van der Waals surface area contributed by atoms with Gasteiger partial charge in [0.05, 0.1) is 0 Å². The van der Waals surface area contributed by atoms with Crippen molar-refractivity contribution in [1.29, 1.82) is 0 Å². The van der Waals surface area contributed by atoms with Crippen LogP contribution in [0.5, 0.6) is 0 Å². The first kappa shape index (κ1) is 16.2. The number of halogens is 2. The molecule has 0 spiro atoms. The number of pyridine rings is 1. The minimum Gasteiger partial charge on any atom is -0.486 e. The lowest BCUT2D eigenvalue weighted by Gasteiger charge is -2.34. The number of thiocarbonyl (C=S) groups is 1. The van der Waals surface area contributed by atoms with Gasteiger partial charge in [0.25, 0.3) is 5.17 Å². The molecule has 1 aromatic rings. The maximum Gasteiger partial charge on any atom is 0.256 e. The first-order valence-electron chi connectivity index (χ1n) is 4.91. The van der Waals surface area contributed by atoms with E-state index < -0.39 is 0 Å². The van der Waals surface area contributed by atoms with Gasteiger partial charge in [-0.2, -0.15) is 0 Å². The second-order valence-electron chi connectivity index (χ2n) is 3.44. The largest absolute Gasteiger partial charge is 0.486 e. The minimum atomic E-state index is -0.00401. The molecule has 96 valence electrons. The van der Waals surface area contributed by atoms with Crippen molar-refractivity contribution < 1.29 is 5.11 Å². The van der Waals surface area contributed by atoms with Crippen molar-refractivity contribution in [2.75, 3.05) is 31.1 Å². The van der Waals surface area contributed by atoms with Gasteiger partial charge in [-0.25, -0.2) is 4.98 Å². The van der Waals surface area contributed by atoms with Crippen LogP contribution in [0.25, 0.3) is 0 Å². The normalized spacial score (nSPS) is 14.6. The fourth-order valence-electron chi connectivity index (χ4n) is 1.67. The quantitative estimate of drug-likeness (QED) is 0.801. The predicted molar refractivity (Wildman–Crippen MR) is 77.7 cm³/mol. The third-order valence-electron chi connectivity index (χ3n) is 2.52. The fraction of sp³-hybridized carbons (Fsp3) is 0.400. The average molecular weight is 296 g/mol. The van der Waals surface area contributed by atoms with Gasteiger partial charge in [0.15, 0.2) is 0 Å². The molecule has 0 bridgehead atoms. The van der Waals surface area contributed by atoms with Crippen LogP contribution in [0.3, 0.4) is 0 Å². The molecule has 0 atom stereocenters. The van der Waals surface area contributed by atoms with E-state index in [2.05, 4.69) is 9.88 Å². The zero-order chi connectivity index (χ0) is 10.7. The van der Waals surface area contributed by atoms with Crippen LogP contribution in [0.4, 0.5) is 5.82 Å². The fourth-order valence-corrected chi connectivity index (χ4v) is 1.85. The van der Waals surface area contributed by atoms with Gasteiger partial charge in [-0.1, -0.05) is 6.07 Å². The van der Waals surface area contributed by atoms with Gasteiger partial charge in [0.1, 0.15) is 5.82 Å². The Kier molecular flexibility index (Phi) is 7.18. The number of aromatic nitrogens is 1. The molecule has 2 rings (SSSR count). The van der Waals surface area contributed by atoms with Gasteiger partial charge in [-0.3, -0.25) is 0 Å². The number of rotatable bonds is 1. The molecule has 1 fully saturated rings. The summed E-state index contributed by atoms with van der Waals surface area (Å²) in [5.74, 6) is 0.987. The molecule has 0 saturated carbocycles. The van der Waals surface area contributed by atoms with Crippen molar-refractivity contribution in [2.24, 2.45) is 0 Å². The minimum absolute atomic E-state index is 0. The van der Waals surface area contributed by atoms with Crippen molar-refractivity contribution >= 4 is 48.0 Å². The summed E-state index contributed by atoms with van der Waals surface area (Å²) < 4.78 is 0. The number of anilines is 1. The SMILES string of the molecule is Cl.Cl.OC(=S)N1CCN(c2ccccn2)CC1. The summed E-state index contributed by atoms with van der Waals surface area (Å²) in [6.07, 6.45) is 1.79. The maximum atomic E-state index is 9.16. The van der Waals surface area contributed by atoms with E-state index in [1.54, 1.807) is 11.1 Å². The molecule has 0 unspecified atom stereocenters. The van der Waals surface area contributed by atoms with Gasteiger partial charge in [0.2, 0.25) is 0 Å².